The summed E-state index contributed by atoms with van der Waals surface area (Å²) in [6.07, 6.45) is -0.572. The molecule has 0 amide bonds. The second-order valence-corrected chi connectivity index (χ2v) is 4.79. The predicted octanol–water partition coefficient (Wildman–Crippen LogP) is 1.17. The van der Waals surface area contributed by atoms with E-state index in [2.05, 4.69) is 0 Å². The number of Topliss-reactive ketones (excluding diaryl/α,β-unsaturated/α-hetero) is 1. The van der Waals surface area contributed by atoms with Crippen molar-refractivity contribution in [2.75, 3.05) is 0 Å². The fourth-order valence-corrected chi connectivity index (χ4v) is 2.17. The Hall–Kier alpha value is -1.98. The molecule has 0 spiro atoms. The van der Waals surface area contributed by atoms with Gasteiger partial charge in [0.2, 0.25) is 0 Å². The van der Waals surface area contributed by atoms with E-state index in [9.17, 15) is 14.7 Å². The molecule has 2 rings (SSSR count). The van der Waals surface area contributed by atoms with Gasteiger partial charge in [0.05, 0.1) is 11.5 Å². The fourth-order valence-electron chi connectivity index (χ4n) is 2.17. The standard InChI is InChI=1S/C15H16O5/c1-9(17)5-11(18)6-10-3-2-4-14-15(10)13(19)7-12(8-16)20-14/h2-4,7,9,16-17H,5-6,8H2,1H3/t9-/m0/s1. The number of hydrogen-bond acceptors (Lipinski definition) is 5. The van der Waals surface area contributed by atoms with Gasteiger partial charge in [-0.05, 0) is 18.6 Å². The Kier molecular flexibility index (Phi) is 4.32. The topological polar surface area (TPSA) is 87.7 Å². The van der Waals surface area contributed by atoms with E-state index in [4.69, 9.17) is 9.52 Å². The zero-order valence-corrected chi connectivity index (χ0v) is 11.1. The Bertz CT molecular complexity index is 684. The zero-order chi connectivity index (χ0) is 14.7. The third-order valence-corrected chi connectivity index (χ3v) is 2.96. The number of carbonyl (C=O) groups is 1. The Balaban J connectivity index is 2.44. The summed E-state index contributed by atoms with van der Waals surface area (Å²) in [5.74, 6) is 0.0492. The highest BCUT2D eigenvalue weighted by molar-refractivity contribution is 5.88. The van der Waals surface area contributed by atoms with Crippen molar-refractivity contribution in [2.45, 2.75) is 32.5 Å². The van der Waals surface area contributed by atoms with Crippen LogP contribution in [0.2, 0.25) is 0 Å². The number of aliphatic hydroxyl groups excluding tert-OH is 2. The molecule has 0 aliphatic rings. The van der Waals surface area contributed by atoms with Gasteiger partial charge in [-0.1, -0.05) is 12.1 Å². The molecule has 20 heavy (non-hydrogen) atoms. The summed E-state index contributed by atoms with van der Waals surface area (Å²) in [5.41, 5.74) is 0.644. The molecule has 0 unspecified atom stereocenters. The maximum Gasteiger partial charge on any atom is 0.193 e. The normalized spacial score (nSPS) is 12.6. The molecule has 2 aromatic rings. The third kappa shape index (κ3) is 3.12. The van der Waals surface area contributed by atoms with Crippen molar-refractivity contribution < 1.29 is 19.4 Å². The lowest BCUT2D eigenvalue weighted by Gasteiger charge is -2.07. The van der Waals surface area contributed by atoms with Gasteiger partial charge in [0.1, 0.15) is 23.7 Å². The zero-order valence-electron chi connectivity index (χ0n) is 11.1. The second kappa shape index (κ2) is 5.98. The lowest BCUT2D eigenvalue weighted by molar-refractivity contribution is -0.120. The molecule has 2 N–H and O–H groups in total. The molecule has 0 bridgehead atoms. The van der Waals surface area contributed by atoms with Crippen LogP contribution in [0.3, 0.4) is 0 Å². The Morgan fingerprint density at radius 3 is 2.80 bits per heavy atom. The van der Waals surface area contributed by atoms with Crippen LogP contribution in [-0.4, -0.2) is 22.1 Å². The van der Waals surface area contributed by atoms with Crippen LogP contribution in [-0.2, 0) is 17.8 Å². The van der Waals surface area contributed by atoms with Crippen molar-refractivity contribution in [3.8, 4) is 0 Å². The average Bonchev–Trinajstić information content (AvgIpc) is 2.37. The van der Waals surface area contributed by atoms with Crippen molar-refractivity contribution in [1.29, 1.82) is 0 Å². The molecule has 1 aromatic heterocycles. The lowest BCUT2D eigenvalue weighted by atomic mass is 10.0. The van der Waals surface area contributed by atoms with Gasteiger partial charge in [0.25, 0.3) is 0 Å². The first-order valence-corrected chi connectivity index (χ1v) is 6.36. The van der Waals surface area contributed by atoms with E-state index in [1.165, 1.54) is 6.07 Å². The number of aliphatic hydroxyl groups is 2. The van der Waals surface area contributed by atoms with Crippen molar-refractivity contribution >= 4 is 16.8 Å². The summed E-state index contributed by atoms with van der Waals surface area (Å²) in [6.45, 7) is 1.19. The minimum atomic E-state index is -0.699. The molecule has 0 fully saturated rings. The maximum atomic E-state index is 12.1. The first-order chi connectivity index (χ1) is 9.51. The largest absolute Gasteiger partial charge is 0.458 e. The maximum absolute atomic E-state index is 12.1. The molecule has 5 heteroatoms. The molecule has 1 atom stereocenters. The average molecular weight is 276 g/mol. The molecule has 0 saturated heterocycles. The highest BCUT2D eigenvalue weighted by Gasteiger charge is 2.13. The third-order valence-electron chi connectivity index (χ3n) is 2.96. The van der Waals surface area contributed by atoms with Crippen molar-refractivity contribution in [3.05, 3.63) is 45.8 Å². The molecule has 0 radical (unpaired) electrons. The van der Waals surface area contributed by atoms with Crippen LogP contribution in [0.4, 0.5) is 0 Å². The van der Waals surface area contributed by atoms with Crippen molar-refractivity contribution in [2.24, 2.45) is 0 Å². The fraction of sp³-hybridized carbons (Fsp3) is 0.333. The van der Waals surface area contributed by atoms with Gasteiger partial charge in [-0.25, -0.2) is 0 Å². The highest BCUT2D eigenvalue weighted by Crippen LogP contribution is 2.18. The van der Waals surface area contributed by atoms with Crippen LogP contribution in [0.1, 0.15) is 24.7 Å². The van der Waals surface area contributed by atoms with E-state index < -0.39 is 6.10 Å². The Labute approximate surface area is 115 Å². The monoisotopic (exact) mass is 276 g/mol. The summed E-state index contributed by atoms with van der Waals surface area (Å²) in [5, 5.41) is 18.6. The summed E-state index contributed by atoms with van der Waals surface area (Å²) < 4.78 is 5.38. The van der Waals surface area contributed by atoms with E-state index in [0.717, 1.165) is 0 Å². The van der Waals surface area contributed by atoms with Gasteiger partial charge < -0.3 is 14.6 Å². The molecule has 1 aromatic carbocycles. The lowest BCUT2D eigenvalue weighted by Crippen LogP contribution is -2.13. The number of hydrogen-bond donors (Lipinski definition) is 2. The number of ketones is 1. The number of carbonyl (C=O) groups excluding carboxylic acids is 1. The van der Waals surface area contributed by atoms with Crippen LogP contribution in [0.15, 0.2) is 33.5 Å². The Morgan fingerprint density at radius 2 is 2.15 bits per heavy atom. The van der Waals surface area contributed by atoms with Crippen LogP contribution in [0.5, 0.6) is 0 Å². The first kappa shape index (κ1) is 14.4. The second-order valence-electron chi connectivity index (χ2n) is 4.79. The highest BCUT2D eigenvalue weighted by atomic mass is 16.4. The van der Waals surface area contributed by atoms with Crippen molar-refractivity contribution in [3.63, 3.8) is 0 Å². The number of benzene rings is 1. The predicted molar refractivity (Wildman–Crippen MR) is 73.4 cm³/mol. The minimum Gasteiger partial charge on any atom is -0.458 e. The molecule has 1 heterocycles. The van der Waals surface area contributed by atoms with Gasteiger partial charge in [-0.3, -0.25) is 9.59 Å². The smallest absolute Gasteiger partial charge is 0.193 e. The summed E-state index contributed by atoms with van der Waals surface area (Å²) in [6, 6.07) is 6.23. The summed E-state index contributed by atoms with van der Waals surface area (Å²) in [4.78, 5) is 23.8. The molecule has 0 aliphatic heterocycles. The van der Waals surface area contributed by atoms with E-state index in [1.54, 1.807) is 25.1 Å². The molecular formula is C15H16O5. The molecule has 5 nitrogen and oxygen atoms in total. The van der Waals surface area contributed by atoms with Gasteiger partial charge in [0, 0.05) is 18.9 Å². The van der Waals surface area contributed by atoms with Gasteiger partial charge in [-0.15, -0.1) is 0 Å². The first-order valence-electron chi connectivity index (χ1n) is 6.36. The summed E-state index contributed by atoms with van der Waals surface area (Å²) >= 11 is 0. The van der Waals surface area contributed by atoms with Crippen LogP contribution in [0.25, 0.3) is 11.0 Å². The van der Waals surface area contributed by atoms with Crippen LogP contribution < -0.4 is 5.43 Å². The molecule has 0 saturated carbocycles. The van der Waals surface area contributed by atoms with E-state index >= 15 is 0 Å². The summed E-state index contributed by atoms with van der Waals surface area (Å²) in [7, 11) is 0. The van der Waals surface area contributed by atoms with E-state index in [1.807, 2.05) is 0 Å². The van der Waals surface area contributed by atoms with E-state index in [-0.39, 0.29) is 36.4 Å². The number of rotatable bonds is 5. The SMILES string of the molecule is C[C@H](O)CC(=O)Cc1cccc2oc(CO)cc(=O)c12. The molecular weight excluding hydrogens is 260 g/mol. The van der Waals surface area contributed by atoms with E-state index in [0.29, 0.717) is 16.5 Å². The molecule has 106 valence electrons. The van der Waals surface area contributed by atoms with Crippen molar-refractivity contribution in [1.82, 2.24) is 0 Å². The Morgan fingerprint density at radius 1 is 1.40 bits per heavy atom. The number of fused-ring (bicyclic) bond motifs is 1. The van der Waals surface area contributed by atoms with Gasteiger partial charge >= 0.3 is 0 Å². The van der Waals surface area contributed by atoms with Crippen LogP contribution >= 0.6 is 0 Å². The van der Waals surface area contributed by atoms with Gasteiger partial charge in [-0.2, -0.15) is 0 Å². The van der Waals surface area contributed by atoms with Crippen LogP contribution in [0, 0.1) is 0 Å². The minimum absolute atomic E-state index is 0.0520. The molecule has 0 aliphatic carbocycles. The quantitative estimate of drug-likeness (QED) is 0.855. The van der Waals surface area contributed by atoms with Gasteiger partial charge in [0.15, 0.2) is 5.43 Å².